The molecule has 1 aliphatic rings. The zero-order valence-corrected chi connectivity index (χ0v) is 10.9. The van der Waals surface area contributed by atoms with Gasteiger partial charge in [0.25, 0.3) is 0 Å². The highest BCUT2D eigenvalue weighted by Gasteiger charge is 2.31. The van der Waals surface area contributed by atoms with Crippen LogP contribution >= 0.6 is 0 Å². The van der Waals surface area contributed by atoms with Crippen molar-refractivity contribution in [2.75, 3.05) is 5.75 Å². The highest BCUT2D eigenvalue weighted by Crippen LogP contribution is 2.30. The van der Waals surface area contributed by atoms with Gasteiger partial charge >= 0.3 is 6.18 Å². The minimum absolute atomic E-state index is 0.0502. The Morgan fingerprint density at radius 1 is 1.25 bits per heavy atom. The molecule has 20 heavy (non-hydrogen) atoms. The van der Waals surface area contributed by atoms with Crippen LogP contribution in [0.4, 0.5) is 17.6 Å². The van der Waals surface area contributed by atoms with Gasteiger partial charge in [0.1, 0.15) is 5.82 Å². The van der Waals surface area contributed by atoms with Gasteiger partial charge in [-0.3, -0.25) is 0 Å². The number of nitrogens with one attached hydrogen (secondary N) is 1. The third-order valence-corrected chi connectivity index (χ3v) is 4.18. The van der Waals surface area contributed by atoms with E-state index in [1.807, 2.05) is 0 Å². The maximum atomic E-state index is 13.1. The molecule has 110 valence electrons. The zero-order chi connectivity index (χ0) is 15.0. The van der Waals surface area contributed by atoms with Crippen LogP contribution < -0.4 is 5.32 Å². The summed E-state index contributed by atoms with van der Waals surface area (Å²) in [5.74, 6) is -1.12. The molecule has 0 bridgehead atoms. The molecule has 0 aromatic heterocycles. The van der Waals surface area contributed by atoms with Crippen LogP contribution in [0.5, 0.6) is 0 Å². The minimum atomic E-state index is -4.62. The van der Waals surface area contributed by atoms with E-state index in [1.165, 1.54) is 6.08 Å². The largest absolute Gasteiger partial charge is 0.416 e. The molecule has 1 heterocycles. The highest BCUT2D eigenvalue weighted by molar-refractivity contribution is 7.94. The van der Waals surface area contributed by atoms with Gasteiger partial charge in [0, 0.05) is 18.0 Å². The first-order valence-electron chi connectivity index (χ1n) is 5.67. The van der Waals surface area contributed by atoms with Gasteiger partial charge in [0.05, 0.1) is 11.3 Å². The summed E-state index contributed by atoms with van der Waals surface area (Å²) in [5.41, 5.74) is -0.959. The standard InChI is InChI=1S/C12H11F4NO2S/c13-10-4-8(3-9(5-10)12(14,15)16)6-17-11-1-2-20(18,19)7-11/h1-5,11,17H,6-7H2. The normalized spacial score (nSPS) is 21.3. The van der Waals surface area contributed by atoms with Gasteiger partial charge in [-0.25, -0.2) is 12.8 Å². The molecule has 0 saturated carbocycles. The lowest BCUT2D eigenvalue weighted by molar-refractivity contribution is -0.137. The Kier molecular flexibility index (Phi) is 3.88. The number of sulfone groups is 1. The molecule has 1 atom stereocenters. The Morgan fingerprint density at radius 3 is 2.50 bits per heavy atom. The highest BCUT2D eigenvalue weighted by atomic mass is 32.2. The van der Waals surface area contributed by atoms with Gasteiger partial charge in [-0.05, 0) is 23.8 Å². The van der Waals surface area contributed by atoms with Crippen LogP contribution in [0, 0.1) is 5.82 Å². The first-order valence-corrected chi connectivity index (χ1v) is 7.38. The van der Waals surface area contributed by atoms with Crippen molar-refractivity contribution in [3.63, 3.8) is 0 Å². The summed E-state index contributed by atoms with van der Waals surface area (Å²) in [6, 6.07) is 1.76. The van der Waals surface area contributed by atoms with Crippen LogP contribution in [0.25, 0.3) is 0 Å². The fourth-order valence-electron chi connectivity index (χ4n) is 1.87. The van der Waals surface area contributed by atoms with Crippen LogP contribution in [-0.4, -0.2) is 20.2 Å². The van der Waals surface area contributed by atoms with Gasteiger partial charge in [-0.2, -0.15) is 13.2 Å². The lowest BCUT2D eigenvalue weighted by Crippen LogP contribution is -2.29. The second-order valence-electron chi connectivity index (χ2n) is 4.49. The Morgan fingerprint density at radius 2 is 1.95 bits per heavy atom. The van der Waals surface area contributed by atoms with Crippen LogP contribution in [0.15, 0.2) is 29.7 Å². The molecular formula is C12H11F4NO2S. The Balaban J connectivity index is 2.07. The van der Waals surface area contributed by atoms with Crippen molar-refractivity contribution in [3.05, 3.63) is 46.6 Å². The van der Waals surface area contributed by atoms with E-state index in [9.17, 15) is 26.0 Å². The molecule has 3 nitrogen and oxygen atoms in total. The molecule has 0 radical (unpaired) electrons. The molecule has 8 heteroatoms. The molecule has 1 aromatic carbocycles. The molecular weight excluding hydrogens is 298 g/mol. The van der Waals surface area contributed by atoms with Gasteiger partial charge in [0.2, 0.25) is 0 Å². The zero-order valence-electron chi connectivity index (χ0n) is 10.1. The van der Waals surface area contributed by atoms with Gasteiger partial charge in [-0.15, -0.1) is 0 Å². The lowest BCUT2D eigenvalue weighted by atomic mass is 10.1. The van der Waals surface area contributed by atoms with Crippen LogP contribution in [0.1, 0.15) is 11.1 Å². The number of halogens is 4. The fraction of sp³-hybridized carbons (Fsp3) is 0.333. The first kappa shape index (κ1) is 15.0. The number of hydrogen-bond acceptors (Lipinski definition) is 3. The molecule has 0 amide bonds. The van der Waals surface area contributed by atoms with Gasteiger partial charge in [0.15, 0.2) is 9.84 Å². The molecule has 1 unspecified atom stereocenters. The van der Waals surface area contributed by atoms with E-state index in [0.29, 0.717) is 6.07 Å². The maximum absolute atomic E-state index is 13.1. The molecule has 2 rings (SSSR count). The smallest absolute Gasteiger partial charge is 0.305 e. The second kappa shape index (κ2) is 5.17. The Hall–Kier alpha value is -1.41. The summed E-state index contributed by atoms with van der Waals surface area (Å²) in [6.07, 6.45) is -3.20. The minimum Gasteiger partial charge on any atom is -0.305 e. The average Bonchev–Trinajstić information content (AvgIpc) is 2.64. The van der Waals surface area contributed by atoms with E-state index in [1.54, 1.807) is 0 Å². The first-order chi connectivity index (χ1) is 9.16. The topological polar surface area (TPSA) is 46.2 Å². The number of rotatable bonds is 3. The summed E-state index contributed by atoms with van der Waals surface area (Å²) in [7, 11) is -3.24. The van der Waals surface area contributed by atoms with Crippen LogP contribution in [0.3, 0.4) is 0 Å². The Bertz CT molecular complexity index is 637. The van der Waals surface area contributed by atoms with Gasteiger partial charge < -0.3 is 5.32 Å². The Labute approximate surface area is 113 Å². The van der Waals surface area contributed by atoms with Gasteiger partial charge in [-0.1, -0.05) is 6.08 Å². The molecule has 0 fully saturated rings. The van der Waals surface area contributed by atoms with Crippen LogP contribution in [0.2, 0.25) is 0 Å². The van der Waals surface area contributed by atoms with E-state index in [2.05, 4.69) is 5.32 Å². The monoisotopic (exact) mass is 309 g/mol. The fourth-order valence-corrected chi connectivity index (χ4v) is 3.14. The quantitative estimate of drug-likeness (QED) is 0.871. The molecule has 1 aromatic rings. The number of alkyl halides is 3. The average molecular weight is 309 g/mol. The van der Waals surface area contributed by atoms with E-state index in [-0.39, 0.29) is 17.9 Å². The van der Waals surface area contributed by atoms with E-state index >= 15 is 0 Å². The molecule has 0 aliphatic carbocycles. The van der Waals surface area contributed by atoms with E-state index < -0.39 is 33.4 Å². The molecule has 1 N–H and O–H groups in total. The second-order valence-corrected chi connectivity index (χ2v) is 6.42. The SMILES string of the molecule is O=S1(=O)C=CC(NCc2cc(F)cc(C(F)(F)F)c2)C1. The predicted molar refractivity (Wildman–Crippen MR) is 65.0 cm³/mol. The molecule has 0 saturated heterocycles. The maximum Gasteiger partial charge on any atom is 0.416 e. The number of benzene rings is 1. The summed E-state index contributed by atoms with van der Waals surface area (Å²) < 4.78 is 73.0. The van der Waals surface area contributed by atoms with E-state index in [4.69, 9.17) is 0 Å². The van der Waals surface area contributed by atoms with Crippen molar-refractivity contribution in [3.8, 4) is 0 Å². The van der Waals surface area contributed by atoms with Crippen molar-refractivity contribution in [2.45, 2.75) is 18.8 Å². The summed E-state index contributed by atoms with van der Waals surface area (Å²) in [6.45, 7) is -0.0502. The third kappa shape index (κ3) is 3.80. The number of hydrogen-bond donors (Lipinski definition) is 1. The summed E-state index contributed by atoms with van der Waals surface area (Å²) in [5, 5.41) is 3.81. The van der Waals surface area contributed by atoms with Crippen molar-refractivity contribution < 1.29 is 26.0 Å². The van der Waals surface area contributed by atoms with Crippen molar-refractivity contribution in [1.82, 2.24) is 5.32 Å². The summed E-state index contributed by atoms with van der Waals surface area (Å²) in [4.78, 5) is 0. The van der Waals surface area contributed by atoms with Crippen molar-refractivity contribution >= 4 is 9.84 Å². The van der Waals surface area contributed by atoms with E-state index in [0.717, 1.165) is 17.5 Å². The van der Waals surface area contributed by atoms with Crippen molar-refractivity contribution in [2.24, 2.45) is 0 Å². The van der Waals surface area contributed by atoms with Crippen LogP contribution in [-0.2, 0) is 22.6 Å². The molecule has 0 spiro atoms. The molecule has 1 aliphatic heterocycles. The summed E-state index contributed by atoms with van der Waals surface area (Å²) >= 11 is 0. The van der Waals surface area contributed by atoms with Crippen molar-refractivity contribution in [1.29, 1.82) is 0 Å². The predicted octanol–water partition coefficient (Wildman–Crippen LogP) is 2.24. The lowest BCUT2D eigenvalue weighted by Gasteiger charge is -2.12. The third-order valence-electron chi connectivity index (χ3n) is 2.78.